The summed E-state index contributed by atoms with van der Waals surface area (Å²) in [6, 6.07) is 7.82. The lowest BCUT2D eigenvalue weighted by molar-refractivity contribution is 0.0711. The van der Waals surface area contributed by atoms with Crippen LogP contribution in [0.25, 0.3) is 5.52 Å². The molecule has 0 aromatic carbocycles. The second-order valence-corrected chi connectivity index (χ2v) is 6.82. The van der Waals surface area contributed by atoms with Crippen LogP contribution in [0, 0.1) is 6.92 Å². The summed E-state index contributed by atoms with van der Waals surface area (Å²) in [4.78, 5) is 23.6. The van der Waals surface area contributed by atoms with Crippen molar-refractivity contribution < 1.29 is 4.79 Å². The Bertz CT molecular complexity index is 923. The zero-order valence-corrected chi connectivity index (χ0v) is 15.1. The second kappa shape index (κ2) is 6.78. The third-order valence-corrected chi connectivity index (χ3v) is 5.13. The van der Waals surface area contributed by atoms with Gasteiger partial charge in [0, 0.05) is 50.3 Å². The first-order chi connectivity index (χ1) is 12.7. The van der Waals surface area contributed by atoms with Crippen molar-refractivity contribution in [3.63, 3.8) is 0 Å². The number of likely N-dealkylation sites (tertiary alicyclic amines) is 1. The van der Waals surface area contributed by atoms with Gasteiger partial charge in [-0.1, -0.05) is 0 Å². The molecule has 0 saturated carbocycles. The van der Waals surface area contributed by atoms with Gasteiger partial charge in [-0.25, -0.2) is 4.98 Å². The monoisotopic (exact) mass is 349 g/mol. The molecule has 4 heterocycles. The molecular formula is C20H23N5O. The van der Waals surface area contributed by atoms with Gasteiger partial charge in [0.05, 0.1) is 16.8 Å². The number of fused-ring (bicyclic) bond motifs is 1. The average molecular weight is 349 g/mol. The predicted molar refractivity (Wildman–Crippen MR) is 102 cm³/mol. The highest BCUT2D eigenvalue weighted by molar-refractivity contribution is 5.94. The van der Waals surface area contributed by atoms with Gasteiger partial charge in [-0.3, -0.25) is 9.78 Å². The quantitative estimate of drug-likeness (QED) is 0.789. The first-order valence-electron chi connectivity index (χ1n) is 9.03. The molecule has 1 amide bonds. The molecular weight excluding hydrogens is 326 g/mol. The fourth-order valence-corrected chi connectivity index (χ4v) is 3.60. The van der Waals surface area contributed by atoms with Crippen LogP contribution in [0.2, 0.25) is 0 Å². The number of anilines is 1. The number of aromatic nitrogens is 3. The van der Waals surface area contributed by atoms with Crippen LogP contribution in [0.3, 0.4) is 0 Å². The van der Waals surface area contributed by atoms with Crippen molar-refractivity contribution in [1.29, 1.82) is 0 Å². The van der Waals surface area contributed by atoms with Gasteiger partial charge in [0.15, 0.2) is 0 Å². The molecule has 26 heavy (non-hydrogen) atoms. The molecule has 3 aromatic heterocycles. The maximum atomic E-state index is 12.7. The van der Waals surface area contributed by atoms with Crippen molar-refractivity contribution in [2.75, 3.05) is 25.5 Å². The first-order valence-corrected chi connectivity index (χ1v) is 9.03. The van der Waals surface area contributed by atoms with Crippen molar-refractivity contribution in [3.8, 4) is 0 Å². The normalized spacial score (nSPS) is 15.4. The fourth-order valence-electron chi connectivity index (χ4n) is 3.60. The van der Waals surface area contributed by atoms with E-state index >= 15 is 0 Å². The molecule has 1 aliphatic rings. The zero-order valence-electron chi connectivity index (χ0n) is 15.1. The Morgan fingerprint density at radius 1 is 1.23 bits per heavy atom. The van der Waals surface area contributed by atoms with Gasteiger partial charge in [-0.05, 0) is 44.0 Å². The zero-order chi connectivity index (χ0) is 18.1. The average Bonchev–Trinajstić information content (AvgIpc) is 3.16. The minimum Gasteiger partial charge on any atom is -0.371 e. The Labute approximate surface area is 152 Å². The summed E-state index contributed by atoms with van der Waals surface area (Å²) >= 11 is 0. The van der Waals surface area contributed by atoms with E-state index < -0.39 is 0 Å². The predicted octanol–water partition coefficient (Wildman–Crippen LogP) is 3.10. The second-order valence-electron chi connectivity index (χ2n) is 6.82. The number of carbonyl (C=O) groups is 1. The molecule has 4 rings (SSSR count). The number of nitrogens with one attached hydrogen (secondary N) is 1. The maximum absolute atomic E-state index is 12.7. The number of hydrogen-bond acceptors (Lipinski definition) is 4. The molecule has 0 radical (unpaired) electrons. The maximum Gasteiger partial charge on any atom is 0.255 e. The lowest BCUT2D eigenvalue weighted by atomic mass is 9.93. The SMILES string of the molecule is CNc1nc(C2CCN(C(=O)c3ccc(C)nc3)CC2)cn2cccc12. The first kappa shape index (κ1) is 16.6. The van der Waals surface area contributed by atoms with Crippen LogP contribution in [0.5, 0.6) is 0 Å². The van der Waals surface area contributed by atoms with Gasteiger partial charge in [0.25, 0.3) is 5.91 Å². The van der Waals surface area contributed by atoms with E-state index in [1.165, 1.54) is 0 Å². The van der Waals surface area contributed by atoms with Crippen LogP contribution in [-0.4, -0.2) is 45.3 Å². The van der Waals surface area contributed by atoms with Gasteiger partial charge in [0.2, 0.25) is 0 Å². The highest BCUT2D eigenvalue weighted by Crippen LogP contribution is 2.29. The Morgan fingerprint density at radius 2 is 2.04 bits per heavy atom. The highest BCUT2D eigenvalue weighted by atomic mass is 16.2. The summed E-state index contributed by atoms with van der Waals surface area (Å²) in [5.74, 6) is 1.34. The van der Waals surface area contributed by atoms with E-state index in [-0.39, 0.29) is 5.91 Å². The van der Waals surface area contributed by atoms with E-state index in [1.807, 2.05) is 43.3 Å². The summed E-state index contributed by atoms with van der Waals surface area (Å²) in [5, 5.41) is 3.19. The summed E-state index contributed by atoms with van der Waals surface area (Å²) in [7, 11) is 1.90. The van der Waals surface area contributed by atoms with Crippen LogP contribution >= 0.6 is 0 Å². The summed E-state index contributed by atoms with van der Waals surface area (Å²) in [6.45, 7) is 3.42. The molecule has 0 unspecified atom stereocenters. The molecule has 0 bridgehead atoms. The molecule has 6 heteroatoms. The molecule has 0 atom stereocenters. The van der Waals surface area contributed by atoms with E-state index in [0.29, 0.717) is 11.5 Å². The number of nitrogens with zero attached hydrogens (tertiary/aromatic N) is 4. The van der Waals surface area contributed by atoms with Crippen molar-refractivity contribution in [2.45, 2.75) is 25.7 Å². The summed E-state index contributed by atoms with van der Waals surface area (Å²) < 4.78 is 2.11. The topological polar surface area (TPSA) is 62.5 Å². The van der Waals surface area contributed by atoms with Crippen LogP contribution in [0.1, 0.15) is 40.5 Å². The number of carbonyl (C=O) groups excluding carboxylic acids is 1. The Kier molecular flexibility index (Phi) is 4.32. The summed E-state index contributed by atoms with van der Waals surface area (Å²) in [6.07, 6.45) is 7.68. The number of amides is 1. The van der Waals surface area contributed by atoms with Crippen LogP contribution in [0.4, 0.5) is 5.82 Å². The smallest absolute Gasteiger partial charge is 0.255 e. The van der Waals surface area contributed by atoms with E-state index in [1.54, 1.807) is 6.20 Å². The molecule has 0 spiro atoms. The van der Waals surface area contributed by atoms with Gasteiger partial charge in [-0.15, -0.1) is 0 Å². The highest BCUT2D eigenvalue weighted by Gasteiger charge is 2.26. The standard InChI is InChI=1S/C20H23N5O/c1-14-5-6-16(12-22-14)20(26)24-10-7-15(8-11-24)17-13-25-9-3-4-18(25)19(21-2)23-17/h3-6,9,12-13,15H,7-8,10-11H2,1-2H3,(H,21,23). The minimum absolute atomic E-state index is 0.0701. The largest absolute Gasteiger partial charge is 0.371 e. The van der Waals surface area contributed by atoms with Crippen LogP contribution < -0.4 is 5.32 Å². The molecule has 1 aliphatic heterocycles. The summed E-state index contributed by atoms with van der Waals surface area (Å²) in [5.41, 5.74) is 3.75. The molecule has 134 valence electrons. The van der Waals surface area contributed by atoms with Crippen molar-refractivity contribution in [2.24, 2.45) is 0 Å². The number of hydrogen-bond donors (Lipinski definition) is 1. The molecule has 0 aliphatic carbocycles. The number of pyridine rings is 1. The number of piperidine rings is 1. The Hall–Kier alpha value is -2.89. The third kappa shape index (κ3) is 3.03. The molecule has 6 nitrogen and oxygen atoms in total. The van der Waals surface area contributed by atoms with Gasteiger partial charge in [-0.2, -0.15) is 0 Å². The molecule has 3 aromatic rings. The van der Waals surface area contributed by atoms with Gasteiger partial charge >= 0.3 is 0 Å². The van der Waals surface area contributed by atoms with E-state index in [9.17, 15) is 4.79 Å². The molecule has 1 fully saturated rings. The van der Waals surface area contributed by atoms with Crippen molar-refractivity contribution in [3.05, 3.63) is 59.8 Å². The Balaban J connectivity index is 1.48. The van der Waals surface area contributed by atoms with E-state index in [4.69, 9.17) is 4.98 Å². The van der Waals surface area contributed by atoms with E-state index in [0.717, 1.165) is 48.7 Å². The number of rotatable bonds is 3. The van der Waals surface area contributed by atoms with Gasteiger partial charge in [0.1, 0.15) is 5.82 Å². The molecule has 1 N–H and O–H groups in total. The van der Waals surface area contributed by atoms with Crippen molar-refractivity contribution in [1.82, 2.24) is 19.3 Å². The van der Waals surface area contributed by atoms with Crippen molar-refractivity contribution >= 4 is 17.2 Å². The minimum atomic E-state index is 0.0701. The third-order valence-electron chi connectivity index (χ3n) is 5.13. The van der Waals surface area contributed by atoms with Crippen LogP contribution in [-0.2, 0) is 0 Å². The fraction of sp³-hybridized carbons (Fsp3) is 0.350. The van der Waals surface area contributed by atoms with E-state index in [2.05, 4.69) is 27.0 Å². The lowest BCUT2D eigenvalue weighted by Crippen LogP contribution is -2.38. The Morgan fingerprint density at radius 3 is 2.73 bits per heavy atom. The van der Waals surface area contributed by atoms with Gasteiger partial charge < -0.3 is 14.6 Å². The number of aryl methyl sites for hydroxylation is 1. The van der Waals surface area contributed by atoms with Crippen LogP contribution in [0.15, 0.2) is 42.9 Å². The lowest BCUT2D eigenvalue weighted by Gasteiger charge is -2.32. The molecule has 1 saturated heterocycles.